The zero-order valence-electron chi connectivity index (χ0n) is 9.89. The van der Waals surface area contributed by atoms with E-state index in [1.807, 2.05) is 0 Å². The maximum Gasteiger partial charge on any atom is 0.244 e. The van der Waals surface area contributed by atoms with Crippen molar-refractivity contribution in [3.63, 3.8) is 0 Å². The third kappa shape index (κ3) is 4.09. The minimum absolute atomic E-state index is 0.0977. The van der Waals surface area contributed by atoms with Crippen LogP contribution in [0.3, 0.4) is 0 Å². The van der Waals surface area contributed by atoms with Crippen LogP contribution in [-0.2, 0) is 10.0 Å². The van der Waals surface area contributed by atoms with Gasteiger partial charge in [-0.1, -0.05) is 28.1 Å². The summed E-state index contributed by atoms with van der Waals surface area (Å²) in [5.74, 6) is 0.300. The molecule has 0 spiro atoms. The molecule has 1 rings (SSSR count). The molecule has 1 aromatic carbocycles. The zero-order chi connectivity index (χ0) is 13.6. The van der Waals surface area contributed by atoms with E-state index in [9.17, 15) is 8.42 Å². The lowest BCUT2D eigenvalue weighted by atomic mass is 10.3. The van der Waals surface area contributed by atoms with E-state index < -0.39 is 10.0 Å². The summed E-state index contributed by atoms with van der Waals surface area (Å²) in [5, 5.41) is 0. The average molecular weight is 335 g/mol. The molecule has 0 aliphatic heterocycles. The molecule has 0 bridgehead atoms. The standard InChI is InChI=1S/C11H15BrN2O3S/c1-17-10-5-4-9(12)8-11(10)18(15,16)14-7-3-2-6-13/h2-5,8,14H,6-7,13H2,1H3/b3-2+. The molecule has 100 valence electrons. The Morgan fingerprint density at radius 3 is 2.78 bits per heavy atom. The van der Waals surface area contributed by atoms with E-state index in [-0.39, 0.29) is 11.4 Å². The SMILES string of the molecule is COc1ccc(Br)cc1S(=O)(=O)NC/C=C/CN. The molecule has 1 aromatic rings. The van der Waals surface area contributed by atoms with Crippen molar-refractivity contribution < 1.29 is 13.2 Å². The maximum atomic E-state index is 12.1. The lowest BCUT2D eigenvalue weighted by molar-refractivity contribution is 0.402. The predicted molar refractivity (Wildman–Crippen MR) is 74.1 cm³/mol. The predicted octanol–water partition coefficient (Wildman–Crippen LogP) is 1.25. The Bertz CT molecular complexity index is 529. The van der Waals surface area contributed by atoms with Gasteiger partial charge in [0.15, 0.2) is 0 Å². The second-order valence-corrected chi connectivity index (χ2v) is 6.01. The second kappa shape index (κ2) is 6.89. The minimum atomic E-state index is -3.60. The average Bonchev–Trinajstić information content (AvgIpc) is 2.35. The summed E-state index contributed by atoms with van der Waals surface area (Å²) in [6.07, 6.45) is 3.34. The van der Waals surface area contributed by atoms with Crippen LogP contribution in [0.1, 0.15) is 0 Å². The summed E-state index contributed by atoms with van der Waals surface area (Å²) < 4.78 is 32.2. The van der Waals surface area contributed by atoms with E-state index in [0.717, 1.165) is 0 Å². The van der Waals surface area contributed by atoms with Gasteiger partial charge >= 0.3 is 0 Å². The molecule has 0 atom stereocenters. The number of hydrogen-bond donors (Lipinski definition) is 2. The van der Waals surface area contributed by atoms with Crippen molar-refractivity contribution in [1.82, 2.24) is 4.72 Å². The van der Waals surface area contributed by atoms with E-state index in [4.69, 9.17) is 10.5 Å². The van der Waals surface area contributed by atoms with Crippen LogP contribution in [0.4, 0.5) is 0 Å². The van der Waals surface area contributed by atoms with Gasteiger partial charge in [-0.3, -0.25) is 0 Å². The van der Waals surface area contributed by atoms with Crippen molar-refractivity contribution >= 4 is 26.0 Å². The number of rotatable bonds is 6. The van der Waals surface area contributed by atoms with Gasteiger partial charge in [-0.05, 0) is 18.2 Å². The molecular formula is C11H15BrN2O3S. The van der Waals surface area contributed by atoms with Gasteiger partial charge in [-0.2, -0.15) is 0 Å². The first-order valence-corrected chi connectivity index (χ1v) is 7.47. The van der Waals surface area contributed by atoms with Gasteiger partial charge in [-0.25, -0.2) is 13.1 Å². The molecule has 0 amide bonds. The first-order chi connectivity index (χ1) is 8.51. The number of methoxy groups -OCH3 is 1. The number of nitrogens with one attached hydrogen (secondary N) is 1. The minimum Gasteiger partial charge on any atom is -0.495 e. The maximum absolute atomic E-state index is 12.1. The molecule has 5 nitrogen and oxygen atoms in total. The topological polar surface area (TPSA) is 81.4 Å². The number of ether oxygens (including phenoxy) is 1. The molecule has 0 heterocycles. The number of nitrogens with two attached hydrogens (primary N) is 1. The first-order valence-electron chi connectivity index (χ1n) is 5.19. The summed E-state index contributed by atoms with van der Waals surface area (Å²) in [7, 11) is -2.18. The highest BCUT2D eigenvalue weighted by Crippen LogP contribution is 2.26. The van der Waals surface area contributed by atoms with Crippen LogP contribution in [0.25, 0.3) is 0 Å². The van der Waals surface area contributed by atoms with Gasteiger partial charge in [0.05, 0.1) is 7.11 Å². The number of hydrogen-bond acceptors (Lipinski definition) is 4. The monoisotopic (exact) mass is 334 g/mol. The largest absolute Gasteiger partial charge is 0.495 e. The van der Waals surface area contributed by atoms with Gasteiger partial charge < -0.3 is 10.5 Å². The molecule has 0 aliphatic rings. The third-order valence-corrected chi connectivity index (χ3v) is 4.05. The molecular weight excluding hydrogens is 320 g/mol. The first kappa shape index (κ1) is 15.2. The molecule has 0 radical (unpaired) electrons. The van der Waals surface area contributed by atoms with Crippen molar-refractivity contribution in [3.8, 4) is 5.75 Å². The molecule has 0 aliphatic carbocycles. The van der Waals surface area contributed by atoms with Crippen LogP contribution in [0, 0.1) is 0 Å². The van der Waals surface area contributed by atoms with Crippen molar-refractivity contribution in [1.29, 1.82) is 0 Å². The molecule has 0 saturated heterocycles. The fourth-order valence-electron chi connectivity index (χ4n) is 1.28. The molecule has 0 saturated carbocycles. The van der Waals surface area contributed by atoms with Crippen LogP contribution in [0.2, 0.25) is 0 Å². The van der Waals surface area contributed by atoms with E-state index in [1.165, 1.54) is 13.2 Å². The van der Waals surface area contributed by atoms with E-state index in [1.54, 1.807) is 24.3 Å². The second-order valence-electron chi connectivity index (χ2n) is 3.35. The third-order valence-electron chi connectivity index (χ3n) is 2.11. The Labute approximate surface area is 115 Å². The summed E-state index contributed by atoms with van der Waals surface area (Å²) in [6, 6.07) is 4.80. The molecule has 0 aromatic heterocycles. The van der Waals surface area contributed by atoms with Crippen LogP contribution < -0.4 is 15.2 Å². The number of halogens is 1. The quantitative estimate of drug-likeness (QED) is 0.767. The van der Waals surface area contributed by atoms with Gasteiger partial charge in [0.2, 0.25) is 10.0 Å². The highest BCUT2D eigenvalue weighted by atomic mass is 79.9. The fourth-order valence-corrected chi connectivity index (χ4v) is 2.96. The van der Waals surface area contributed by atoms with Gasteiger partial charge in [0.1, 0.15) is 10.6 Å². The van der Waals surface area contributed by atoms with Gasteiger partial charge in [0.25, 0.3) is 0 Å². The van der Waals surface area contributed by atoms with Crippen LogP contribution in [0.15, 0.2) is 39.7 Å². The Morgan fingerprint density at radius 2 is 2.17 bits per heavy atom. The smallest absolute Gasteiger partial charge is 0.244 e. The molecule has 0 fully saturated rings. The van der Waals surface area contributed by atoms with Gasteiger partial charge in [0, 0.05) is 17.6 Å². The molecule has 7 heteroatoms. The zero-order valence-corrected chi connectivity index (χ0v) is 12.3. The molecule has 18 heavy (non-hydrogen) atoms. The lowest BCUT2D eigenvalue weighted by Crippen LogP contribution is -2.24. The normalized spacial score (nSPS) is 11.9. The number of benzene rings is 1. The Balaban J connectivity index is 2.97. The lowest BCUT2D eigenvalue weighted by Gasteiger charge is -2.10. The summed E-state index contributed by atoms with van der Waals surface area (Å²) in [6.45, 7) is 0.567. The summed E-state index contributed by atoms with van der Waals surface area (Å²) in [4.78, 5) is 0.0977. The number of sulfonamides is 1. The van der Waals surface area contributed by atoms with Crippen molar-refractivity contribution in [2.75, 3.05) is 20.2 Å². The Hall–Kier alpha value is -0.890. The van der Waals surface area contributed by atoms with E-state index >= 15 is 0 Å². The molecule has 3 N–H and O–H groups in total. The van der Waals surface area contributed by atoms with Crippen LogP contribution in [-0.4, -0.2) is 28.6 Å². The van der Waals surface area contributed by atoms with Crippen molar-refractivity contribution in [2.45, 2.75) is 4.90 Å². The van der Waals surface area contributed by atoms with Crippen molar-refractivity contribution in [2.24, 2.45) is 5.73 Å². The fraction of sp³-hybridized carbons (Fsp3) is 0.273. The highest BCUT2D eigenvalue weighted by molar-refractivity contribution is 9.10. The highest BCUT2D eigenvalue weighted by Gasteiger charge is 2.18. The van der Waals surface area contributed by atoms with E-state index in [2.05, 4.69) is 20.7 Å². The van der Waals surface area contributed by atoms with E-state index in [0.29, 0.717) is 16.8 Å². The summed E-state index contributed by atoms with van der Waals surface area (Å²) >= 11 is 3.23. The summed E-state index contributed by atoms with van der Waals surface area (Å²) in [5.41, 5.74) is 5.26. The van der Waals surface area contributed by atoms with Crippen LogP contribution >= 0.6 is 15.9 Å². The Morgan fingerprint density at radius 1 is 1.44 bits per heavy atom. The Kier molecular flexibility index (Phi) is 5.80. The molecule has 0 unspecified atom stereocenters. The van der Waals surface area contributed by atoms with Crippen molar-refractivity contribution in [3.05, 3.63) is 34.8 Å². The van der Waals surface area contributed by atoms with Gasteiger partial charge in [-0.15, -0.1) is 0 Å². The van der Waals surface area contributed by atoms with Crippen LogP contribution in [0.5, 0.6) is 5.75 Å².